The zero-order valence-electron chi connectivity index (χ0n) is 20.8. The Kier molecular flexibility index (Phi) is 6.36. The second-order valence-corrected chi connectivity index (χ2v) is 9.38. The van der Waals surface area contributed by atoms with Crippen LogP contribution in [0.5, 0.6) is 0 Å². The van der Waals surface area contributed by atoms with Crippen LogP contribution in [-0.2, 0) is 6.18 Å². The molecule has 10 heteroatoms. The van der Waals surface area contributed by atoms with Gasteiger partial charge in [-0.2, -0.15) is 13.2 Å². The number of nitrogens with zero attached hydrogens (tertiary/aromatic N) is 2. The highest BCUT2D eigenvalue weighted by molar-refractivity contribution is 6.04. The predicted octanol–water partition coefficient (Wildman–Crippen LogP) is 10.5. The molecule has 0 fully saturated rings. The minimum absolute atomic E-state index is 0.194. The van der Waals surface area contributed by atoms with Gasteiger partial charge in [0.2, 0.25) is 0 Å². The summed E-state index contributed by atoms with van der Waals surface area (Å²) in [7, 11) is 0. The minimum atomic E-state index is -5.06. The highest BCUT2D eigenvalue weighted by atomic mass is 19.4. The van der Waals surface area contributed by atoms with E-state index in [2.05, 4.69) is 0 Å². The number of rotatable bonds is 3. The molecule has 0 bridgehead atoms. The maximum absolute atomic E-state index is 15.2. The lowest BCUT2D eigenvalue weighted by Crippen LogP contribution is -2.29. The maximum Gasteiger partial charge on any atom is 0.418 e. The van der Waals surface area contributed by atoms with Crippen LogP contribution in [0.1, 0.15) is 11.1 Å². The van der Waals surface area contributed by atoms with Crippen LogP contribution in [0.4, 0.5) is 69.2 Å². The molecule has 1 aliphatic heterocycles. The summed E-state index contributed by atoms with van der Waals surface area (Å²) in [5.74, 6) is -6.69. The molecule has 2 unspecified atom stereocenters. The summed E-state index contributed by atoms with van der Waals surface area (Å²) in [5.41, 5.74) is -2.27. The van der Waals surface area contributed by atoms with Crippen LogP contribution in [0, 0.1) is 0 Å². The summed E-state index contributed by atoms with van der Waals surface area (Å²) >= 11 is 0. The van der Waals surface area contributed by atoms with Crippen LogP contribution < -0.4 is 9.80 Å². The van der Waals surface area contributed by atoms with E-state index in [9.17, 15) is 26.3 Å². The lowest BCUT2D eigenvalue weighted by Gasteiger charge is -2.42. The molecule has 41 heavy (non-hydrogen) atoms. The molecule has 0 saturated heterocycles. The first-order valence-corrected chi connectivity index (χ1v) is 12.4. The van der Waals surface area contributed by atoms with Gasteiger partial charge in [0, 0.05) is 16.8 Å². The molecule has 2 aliphatic rings. The molecule has 0 saturated carbocycles. The molecule has 0 N–H and O–H groups in total. The first-order chi connectivity index (χ1) is 19.6. The molecule has 4 aromatic carbocycles. The first kappa shape index (κ1) is 26.6. The van der Waals surface area contributed by atoms with Crippen molar-refractivity contribution < 1.29 is 35.1 Å². The van der Waals surface area contributed by atoms with Gasteiger partial charge in [-0.15, -0.1) is 0 Å². The largest absolute Gasteiger partial charge is 0.418 e. The van der Waals surface area contributed by atoms with E-state index >= 15 is 8.78 Å². The molecule has 208 valence electrons. The average Bonchev–Trinajstić information content (AvgIpc) is 2.98. The molecule has 0 radical (unpaired) electrons. The predicted molar refractivity (Wildman–Crippen MR) is 141 cm³/mol. The van der Waals surface area contributed by atoms with Crippen LogP contribution >= 0.6 is 0 Å². The van der Waals surface area contributed by atoms with Crippen LogP contribution in [0.2, 0.25) is 0 Å². The van der Waals surface area contributed by atoms with E-state index in [0.29, 0.717) is 23.1 Å². The summed E-state index contributed by atoms with van der Waals surface area (Å²) in [5, 5.41) is 0. The summed E-state index contributed by atoms with van der Waals surface area (Å²) in [6.45, 7) is 0. The molecule has 4 aromatic rings. The van der Waals surface area contributed by atoms with E-state index in [0.717, 1.165) is 17.0 Å². The zero-order valence-corrected chi connectivity index (χ0v) is 20.8. The fourth-order valence-corrected chi connectivity index (χ4v) is 5.28. The van der Waals surface area contributed by atoms with E-state index in [4.69, 9.17) is 0 Å². The third-order valence-electron chi connectivity index (χ3n) is 7.01. The summed E-state index contributed by atoms with van der Waals surface area (Å²) in [6.07, 6.45) is -11.4. The van der Waals surface area contributed by atoms with Gasteiger partial charge >= 0.3 is 6.18 Å². The molecule has 1 heterocycles. The van der Waals surface area contributed by atoms with Gasteiger partial charge in [-0.1, -0.05) is 54.6 Å². The fraction of sp³-hybridized carbons (Fsp3) is 0.0968. The molecule has 0 amide bonds. The number of benzene rings is 4. The first-order valence-electron chi connectivity index (χ1n) is 12.4. The van der Waals surface area contributed by atoms with Crippen molar-refractivity contribution in [3.63, 3.8) is 0 Å². The Morgan fingerprint density at radius 1 is 0.537 bits per heavy atom. The fourth-order valence-electron chi connectivity index (χ4n) is 5.28. The Bertz CT molecular complexity index is 1660. The standard InChI is InChI=1S/C31H18F8N2/c32-25-24(26(33)28(35)29(36)27(25)34)18-11-8-12-19(31(37,38)39)30(18)41-22-15-6-4-13-20(22)40(17-9-2-1-3-10-17)21-14-5-7-16-23(21)41/h1-16,25,27H. The normalized spacial score (nSPS) is 18.9. The number of hydrogen-bond donors (Lipinski definition) is 0. The van der Waals surface area contributed by atoms with Crippen molar-refractivity contribution in [2.45, 2.75) is 18.5 Å². The van der Waals surface area contributed by atoms with Crippen LogP contribution in [0.15, 0.2) is 115 Å². The Labute approximate surface area is 229 Å². The number of fused-ring (bicyclic) bond motifs is 2. The van der Waals surface area contributed by atoms with E-state index in [1.807, 2.05) is 4.90 Å². The van der Waals surface area contributed by atoms with Gasteiger partial charge in [-0.25, -0.2) is 22.0 Å². The van der Waals surface area contributed by atoms with Gasteiger partial charge in [0.15, 0.2) is 29.8 Å². The van der Waals surface area contributed by atoms with Crippen LogP contribution in [-0.4, -0.2) is 12.3 Å². The van der Waals surface area contributed by atoms with Gasteiger partial charge in [-0.05, 0) is 42.5 Å². The molecule has 2 nitrogen and oxygen atoms in total. The molecule has 0 spiro atoms. The Morgan fingerprint density at radius 2 is 1.05 bits per heavy atom. The zero-order chi connectivity index (χ0) is 29.1. The summed E-state index contributed by atoms with van der Waals surface area (Å²) in [4.78, 5) is 2.97. The van der Waals surface area contributed by atoms with Crippen molar-refractivity contribution >= 4 is 39.7 Å². The van der Waals surface area contributed by atoms with E-state index < -0.39 is 58.4 Å². The van der Waals surface area contributed by atoms with Crippen molar-refractivity contribution in [2.24, 2.45) is 0 Å². The number of allylic oxidation sites excluding steroid dienone is 4. The quantitative estimate of drug-likeness (QED) is 0.199. The van der Waals surface area contributed by atoms with Gasteiger partial charge in [-0.3, -0.25) is 0 Å². The Hall–Kier alpha value is -4.60. The molecule has 1 aliphatic carbocycles. The lowest BCUT2D eigenvalue weighted by atomic mass is 9.88. The Balaban J connectivity index is 1.71. The van der Waals surface area contributed by atoms with Crippen molar-refractivity contribution in [3.05, 3.63) is 126 Å². The number of hydrogen-bond acceptors (Lipinski definition) is 2. The monoisotopic (exact) mass is 570 g/mol. The second-order valence-electron chi connectivity index (χ2n) is 9.38. The van der Waals surface area contributed by atoms with Gasteiger partial charge in [0.05, 0.1) is 34.0 Å². The van der Waals surface area contributed by atoms with Crippen molar-refractivity contribution in [1.82, 2.24) is 0 Å². The topological polar surface area (TPSA) is 6.48 Å². The molecular weight excluding hydrogens is 552 g/mol. The molecular formula is C31H18F8N2. The van der Waals surface area contributed by atoms with Gasteiger partial charge in [0.1, 0.15) is 0 Å². The highest BCUT2D eigenvalue weighted by Crippen LogP contribution is 2.58. The molecule has 2 atom stereocenters. The summed E-state index contributed by atoms with van der Waals surface area (Å²) < 4.78 is 117. The van der Waals surface area contributed by atoms with E-state index in [-0.39, 0.29) is 11.4 Å². The minimum Gasteiger partial charge on any atom is -0.306 e. The van der Waals surface area contributed by atoms with E-state index in [1.165, 1.54) is 12.1 Å². The lowest BCUT2D eigenvalue weighted by molar-refractivity contribution is -0.137. The van der Waals surface area contributed by atoms with Crippen molar-refractivity contribution in [1.29, 1.82) is 0 Å². The van der Waals surface area contributed by atoms with Crippen molar-refractivity contribution in [3.8, 4) is 0 Å². The molecule has 6 rings (SSSR count). The number of para-hydroxylation sites is 6. The third-order valence-corrected chi connectivity index (χ3v) is 7.01. The van der Waals surface area contributed by atoms with Gasteiger partial charge in [0.25, 0.3) is 0 Å². The second kappa shape index (κ2) is 9.79. The third kappa shape index (κ3) is 4.16. The molecule has 0 aromatic heterocycles. The highest BCUT2D eigenvalue weighted by Gasteiger charge is 2.45. The Morgan fingerprint density at radius 3 is 1.59 bits per heavy atom. The SMILES string of the molecule is FC1=C(F)C(F)C(F)C(c2cccc(C(F)(F)F)c2N2c3ccccc3N(c3ccccc3)c3ccccc32)=C1F. The van der Waals surface area contributed by atoms with E-state index in [1.54, 1.807) is 66.7 Å². The van der Waals surface area contributed by atoms with Gasteiger partial charge < -0.3 is 9.80 Å². The van der Waals surface area contributed by atoms with Crippen LogP contribution in [0.25, 0.3) is 5.57 Å². The maximum atomic E-state index is 15.2. The average molecular weight is 570 g/mol. The number of alkyl halides is 5. The van der Waals surface area contributed by atoms with Crippen molar-refractivity contribution in [2.75, 3.05) is 9.80 Å². The number of halogens is 8. The summed E-state index contributed by atoms with van der Waals surface area (Å²) in [6, 6.07) is 24.4. The van der Waals surface area contributed by atoms with Crippen LogP contribution in [0.3, 0.4) is 0 Å². The smallest absolute Gasteiger partial charge is 0.306 e. The number of anilines is 6.